The first-order valence-electron chi connectivity index (χ1n) is 9.96. The second-order valence-electron chi connectivity index (χ2n) is 7.28. The molecule has 30 heavy (non-hydrogen) atoms. The van der Waals surface area contributed by atoms with Crippen LogP contribution in [0.25, 0.3) is 0 Å². The van der Waals surface area contributed by atoms with Crippen molar-refractivity contribution >= 4 is 17.5 Å². The van der Waals surface area contributed by atoms with E-state index in [2.05, 4.69) is 24.5 Å². The van der Waals surface area contributed by atoms with Gasteiger partial charge in [0.1, 0.15) is 5.75 Å². The molecule has 0 fully saturated rings. The van der Waals surface area contributed by atoms with Crippen molar-refractivity contribution < 1.29 is 14.3 Å². The Balaban J connectivity index is 1.55. The van der Waals surface area contributed by atoms with Crippen molar-refractivity contribution in [3.8, 4) is 5.75 Å². The number of carbonyl (C=O) groups excluding carboxylic acids is 2. The Morgan fingerprint density at radius 3 is 2.40 bits per heavy atom. The van der Waals surface area contributed by atoms with Crippen LogP contribution in [0.5, 0.6) is 5.75 Å². The first-order valence-corrected chi connectivity index (χ1v) is 9.96. The van der Waals surface area contributed by atoms with E-state index >= 15 is 0 Å². The van der Waals surface area contributed by atoms with Gasteiger partial charge in [-0.15, -0.1) is 0 Å². The molecule has 0 unspecified atom stereocenters. The summed E-state index contributed by atoms with van der Waals surface area (Å²) in [5.74, 6) is 0.527. The van der Waals surface area contributed by atoms with Crippen molar-refractivity contribution in [3.63, 3.8) is 0 Å². The molecule has 3 aromatic rings. The zero-order chi connectivity index (χ0) is 21.3. The number of carbonyl (C=O) groups is 2. The van der Waals surface area contributed by atoms with E-state index in [4.69, 9.17) is 4.74 Å². The number of benzene rings is 3. The van der Waals surface area contributed by atoms with E-state index in [-0.39, 0.29) is 18.4 Å². The molecule has 0 atom stereocenters. The second-order valence-corrected chi connectivity index (χ2v) is 7.28. The molecule has 0 bridgehead atoms. The summed E-state index contributed by atoms with van der Waals surface area (Å²) in [5, 5.41) is 5.67. The van der Waals surface area contributed by atoms with Gasteiger partial charge in [0.2, 0.25) is 0 Å². The lowest BCUT2D eigenvalue weighted by Crippen LogP contribution is -2.23. The fourth-order valence-electron chi connectivity index (χ4n) is 3.05. The summed E-state index contributed by atoms with van der Waals surface area (Å²) in [7, 11) is 0. The number of ether oxygens (including phenoxy) is 1. The number of para-hydroxylation sites is 1. The molecule has 0 saturated heterocycles. The van der Waals surface area contributed by atoms with Crippen molar-refractivity contribution in [1.29, 1.82) is 0 Å². The van der Waals surface area contributed by atoms with Gasteiger partial charge in [0.15, 0.2) is 6.61 Å². The first-order chi connectivity index (χ1) is 14.5. The summed E-state index contributed by atoms with van der Waals surface area (Å²) in [6, 6.07) is 24.2. The Morgan fingerprint density at radius 1 is 0.900 bits per heavy atom. The predicted octanol–water partition coefficient (Wildman–Crippen LogP) is 4.76. The Bertz CT molecular complexity index is 1000. The summed E-state index contributed by atoms with van der Waals surface area (Å²) in [4.78, 5) is 24.7. The van der Waals surface area contributed by atoms with Crippen LogP contribution in [0, 0.1) is 0 Å². The molecule has 2 N–H and O–H groups in total. The van der Waals surface area contributed by atoms with Crippen molar-refractivity contribution in [1.82, 2.24) is 5.32 Å². The van der Waals surface area contributed by atoms with Gasteiger partial charge in [-0.25, -0.2) is 0 Å². The SMILES string of the molecule is CC(C)c1ccccc1OCC(=O)Nc1cccc(C(=O)NCc2ccccc2)c1. The fraction of sp³-hybridized carbons (Fsp3) is 0.200. The standard InChI is InChI=1S/C25H26N2O3/c1-18(2)22-13-6-7-14-23(22)30-17-24(28)27-21-12-8-11-20(15-21)25(29)26-16-19-9-4-3-5-10-19/h3-15,18H,16-17H2,1-2H3,(H,26,29)(H,27,28). The van der Waals surface area contributed by atoms with E-state index in [1.54, 1.807) is 24.3 Å². The summed E-state index contributed by atoms with van der Waals surface area (Å²) < 4.78 is 5.71. The summed E-state index contributed by atoms with van der Waals surface area (Å²) in [6.07, 6.45) is 0. The highest BCUT2D eigenvalue weighted by Gasteiger charge is 2.11. The van der Waals surface area contributed by atoms with E-state index < -0.39 is 0 Å². The van der Waals surface area contributed by atoms with Crippen molar-refractivity contribution in [2.24, 2.45) is 0 Å². The Morgan fingerprint density at radius 2 is 1.63 bits per heavy atom. The highest BCUT2D eigenvalue weighted by molar-refractivity contribution is 5.97. The third-order valence-electron chi connectivity index (χ3n) is 4.60. The molecule has 3 aromatic carbocycles. The molecule has 154 valence electrons. The lowest BCUT2D eigenvalue weighted by molar-refractivity contribution is -0.118. The molecule has 0 radical (unpaired) electrons. The minimum atomic E-state index is -0.282. The maximum atomic E-state index is 12.4. The van der Waals surface area contributed by atoms with E-state index in [1.165, 1.54) is 0 Å². The quantitative estimate of drug-likeness (QED) is 0.571. The molecule has 0 saturated carbocycles. The fourth-order valence-corrected chi connectivity index (χ4v) is 3.05. The molecule has 0 aliphatic heterocycles. The number of rotatable bonds is 8. The molecule has 3 rings (SSSR count). The minimum Gasteiger partial charge on any atom is -0.483 e. The number of hydrogen-bond acceptors (Lipinski definition) is 3. The van der Waals surface area contributed by atoms with Crippen LogP contribution >= 0.6 is 0 Å². The zero-order valence-electron chi connectivity index (χ0n) is 17.2. The Labute approximate surface area is 177 Å². The Kier molecular flexibility index (Phi) is 7.22. The van der Waals surface area contributed by atoms with Gasteiger partial charge in [-0.1, -0.05) is 68.4 Å². The molecular formula is C25H26N2O3. The maximum absolute atomic E-state index is 12.4. The van der Waals surface area contributed by atoms with Gasteiger partial charge < -0.3 is 15.4 Å². The average molecular weight is 402 g/mol. The minimum absolute atomic E-state index is 0.103. The highest BCUT2D eigenvalue weighted by Crippen LogP contribution is 2.25. The number of anilines is 1. The lowest BCUT2D eigenvalue weighted by Gasteiger charge is -2.14. The van der Waals surface area contributed by atoms with Crippen molar-refractivity contribution in [3.05, 3.63) is 95.6 Å². The van der Waals surface area contributed by atoms with E-state index in [1.807, 2.05) is 54.6 Å². The first kappa shape index (κ1) is 21.1. The molecule has 0 aromatic heterocycles. The molecular weight excluding hydrogens is 376 g/mol. The van der Waals surface area contributed by atoms with Crippen LogP contribution in [0.4, 0.5) is 5.69 Å². The van der Waals surface area contributed by atoms with Crippen LogP contribution in [-0.4, -0.2) is 18.4 Å². The van der Waals surface area contributed by atoms with Gasteiger partial charge in [-0.3, -0.25) is 9.59 Å². The lowest BCUT2D eigenvalue weighted by atomic mass is 10.0. The largest absolute Gasteiger partial charge is 0.483 e. The van der Waals surface area contributed by atoms with Crippen LogP contribution in [-0.2, 0) is 11.3 Å². The molecule has 5 heteroatoms. The van der Waals surface area contributed by atoms with Crippen LogP contribution in [0.15, 0.2) is 78.9 Å². The number of hydrogen-bond donors (Lipinski definition) is 2. The molecule has 2 amide bonds. The third kappa shape index (κ3) is 5.95. The Hall–Kier alpha value is -3.60. The van der Waals surface area contributed by atoms with Crippen LogP contribution < -0.4 is 15.4 Å². The van der Waals surface area contributed by atoms with Crippen LogP contribution in [0.2, 0.25) is 0 Å². The smallest absolute Gasteiger partial charge is 0.262 e. The van der Waals surface area contributed by atoms with Gasteiger partial charge in [0.25, 0.3) is 11.8 Å². The summed E-state index contributed by atoms with van der Waals surface area (Å²) in [6.45, 7) is 4.50. The van der Waals surface area contributed by atoms with Gasteiger partial charge >= 0.3 is 0 Å². The second kappa shape index (κ2) is 10.3. The number of amides is 2. The molecule has 0 heterocycles. The summed E-state index contributed by atoms with van der Waals surface area (Å²) in [5.41, 5.74) is 3.11. The van der Waals surface area contributed by atoms with Crippen molar-refractivity contribution in [2.45, 2.75) is 26.3 Å². The van der Waals surface area contributed by atoms with Gasteiger partial charge in [0, 0.05) is 17.8 Å². The summed E-state index contributed by atoms with van der Waals surface area (Å²) >= 11 is 0. The van der Waals surface area contributed by atoms with E-state index in [9.17, 15) is 9.59 Å². The maximum Gasteiger partial charge on any atom is 0.262 e. The average Bonchev–Trinajstić information content (AvgIpc) is 2.77. The van der Waals surface area contributed by atoms with E-state index in [0.29, 0.717) is 29.5 Å². The topological polar surface area (TPSA) is 67.4 Å². The monoisotopic (exact) mass is 402 g/mol. The predicted molar refractivity (Wildman–Crippen MR) is 119 cm³/mol. The molecule has 0 aliphatic rings. The highest BCUT2D eigenvalue weighted by atomic mass is 16.5. The molecule has 0 aliphatic carbocycles. The van der Waals surface area contributed by atoms with Gasteiger partial charge in [-0.05, 0) is 41.3 Å². The molecule has 5 nitrogen and oxygen atoms in total. The number of nitrogens with one attached hydrogen (secondary N) is 2. The third-order valence-corrected chi connectivity index (χ3v) is 4.60. The normalized spacial score (nSPS) is 10.5. The van der Waals surface area contributed by atoms with E-state index in [0.717, 1.165) is 11.1 Å². The van der Waals surface area contributed by atoms with Gasteiger partial charge in [-0.2, -0.15) is 0 Å². The van der Waals surface area contributed by atoms with Crippen LogP contribution in [0.3, 0.4) is 0 Å². The molecule has 0 spiro atoms. The van der Waals surface area contributed by atoms with Crippen molar-refractivity contribution in [2.75, 3.05) is 11.9 Å². The van der Waals surface area contributed by atoms with Gasteiger partial charge in [0.05, 0.1) is 0 Å². The van der Waals surface area contributed by atoms with Crippen LogP contribution in [0.1, 0.15) is 41.3 Å². The zero-order valence-corrected chi connectivity index (χ0v) is 17.2.